The summed E-state index contributed by atoms with van der Waals surface area (Å²) in [4.78, 5) is 33.5. The van der Waals surface area contributed by atoms with Gasteiger partial charge in [0.15, 0.2) is 11.2 Å². The molecule has 8 heteroatoms. The highest BCUT2D eigenvalue weighted by atomic mass is 16.3. The normalized spacial score (nSPS) is 19.4. The molecule has 8 nitrogen and oxygen atoms in total. The highest BCUT2D eigenvalue weighted by Gasteiger charge is 2.25. The third-order valence-electron chi connectivity index (χ3n) is 4.19. The molecule has 0 spiro atoms. The molecule has 0 amide bonds. The van der Waals surface area contributed by atoms with Gasteiger partial charge in [-0.15, -0.1) is 0 Å². The van der Waals surface area contributed by atoms with Gasteiger partial charge in [-0.25, -0.2) is 4.79 Å². The van der Waals surface area contributed by atoms with E-state index in [2.05, 4.69) is 9.97 Å². The van der Waals surface area contributed by atoms with Crippen molar-refractivity contribution >= 4 is 17.1 Å². The van der Waals surface area contributed by atoms with Crippen molar-refractivity contribution in [1.82, 2.24) is 19.1 Å². The molecule has 2 N–H and O–H groups in total. The molecule has 0 saturated carbocycles. The highest BCUT2D eigenvalue weighted by molar-refractivity contribution is 5.73. The molecule has 0 radical (unpaired) electrons. The molecular formula is C13H19N5O3. The maximum atomic E-state index is 12.2. The number of hydrogen-bond donors (Lipinski definition) is 2. The minimum atomic E-state index is -0.400. The van der Waals surface area contributed by atoms with E-state index in [1.54, 1.807) is 7.05 Å². The van der Waals surface area contributed by atoms with Gasteiger partial charge in [-0.2, -0.15) is 4.98 Å². The molecule has 114 valence electrons. The summed E-state index contributed by atoms with van der Waals surface area (Å²) in [7, 11) is 3.04. The van der Waals surface area contributed by atoms with Gasteiger partial charge in [0, 0.05) is 20.6 Å². The van der Waals surface area contributed by atoms with Crippen LogP contribution < -0.4 is 16.1 Å². The summed E-state index contributed by atoms with van der Waals surface area (Å²) in [5.74, 6) is 0.544. The number of fused-ring (bicyclic) bond motifs is 1. The number of anilines is 1. The monoisotopic (exact) mass is 293 g/mol. The fourth-order valence-electron chi connectivity index (χ4n) is 2.92. The molecule has 3 heterocycles. The zero-order valence-electron chi connectivity index (χ0n) is 12.2. The minimum Gasteiger partial charge on any atom is -0.394 e. The lowest BCUT2D eigenvalue weighted by atomic mass is 10.0. The second kappa shape index (κ2) is 5.03. The van der Waals surface area contributed by atoms with Crippen LogP contribution in [0.4, 0.5) is 5.95 Å². The smallest absolute Gasteiger partial charge is 0.332 e. The molecule has 0 bridgehead atoms. The molecular weight excluding hydrogens is 274 g/mol. The molecule has 1 saturated heterocycles. The Hall–Kier alpha value is -2.09. The number of H-pyrrole nitrogens is 1. The molecule has 1 fully saturated rings. The van der Waals surface area contributed by atoms with Crippen LogP contribution in [0, 0.1) is 0 Å². The van der Waals surface area contributed by atoms with Crippen molar-refractivity contribution in [3.8, 4) is 0 Å². The molecule has 2 aromatic heterocycles. The van der Waals surface area contributed by atoms with E-state index < -0.39 is 5.69 Å². The number of imidazole rings is 1. The topological polar surface area (TPSA) is 96.2 Å². The predicted molar refractivity (Wildman–Crippen MR) is 78.6 cm³/mol. The molecule has 2 aromatic rings. The number of aromatic nitrogens is 4. The van der Waals surface area contributed by atoms with Gasteiger partial charge in [-0.1, -0.05) is 0 Å². The zero-order chi connectivity index (χ0) is 15.1. The number of aromatic amines is 1. The largest absolute Gasteiger partial charge is 0.394 e. The third kappa shape index (κ3) is 2.06. The molecule has 1 unspecified atom stereocenters. The van der Waals surface area contributed by atoms with Crippen LogP contribution in [-0.2, 0) is 14.1 Å². The molecule has 21 heavy (non-hydrogen) atoms. The van der Waals surface area contributed by atoms with E-state index >= 15 is 0 Å². The van der Waals surface area contributed by atoms with E-state index in [-0.39, 0.29) is 18.2 Å². The summed E-state index contributed by atoms with van der Waals surface area (Å²) in [6, 6.07) is 0.000178. The van der Waals surface area contributed by atoms with Crippen molar-refractivity contribution in [2.75, 3.05) is 18.1 Å². The average molecular weight is 293 g/mol. The van der Waals surface area contributed by atoms with Crippen molar-refractivity contribution in [2.24, 2.45) is 14.1 Å². The number of rotatable bonds is 2. The van der Waals surface area contributed by atoms with Crippen LogP contribution in [-0.4, -0.2) is 43.4 Å². The summed E-state index contributed by atoms with van der Waals surface area (Å²) in [5.41, 5.74) is -0.121. The molecule has 1 aliphatic heterocycles. The summed E-state index contributed by atoms with van der Waals surface area (Å²) in [6.07, 6.45) is 2.98. The lowest BCUT2D eigenvalue weighted by molar-refractivity contribution is 0.239. The van der Waals surface area contributed by atoms with Crippen LogP contribution in [0.25, 0.3) is 11.2 Å². The van der Waals surface area contributed by atoms with Gasteiger partial charge in [-0.05, 0) is 19.3 Å². The summed E-state index contributed by atoms with van der Waals surface area (Å²) < 4.78 is 2.42. The molecule has 0 aliphatic carbocycles. The minimum absolute atomic E-state index is 0.000178. The quantitative estimate of drug-likeness (QED) is 0.764. The van der Waals surface area contributed by atoms with Crippen molar-refractivity contribution in [1.29, 1.82) is 0 Å². The number of nitrogens with zero attached hydrogens (tertiary/aromatic N) is 4. The summed E-state index contributed by atoms with van der Waals surface area (Å²) in [5, 5.41) is 9.49. The predicted octanol–water partition coefficient (Wildman–Crippen LogP) is -0.689. The van der Waals surface area contributed by atoms with Gasteiger partial charge in [0.05, 0.1) is 12.6 Å². The van der Waals surface area contributed by atoms with Crippen molar-refractivity contribution in [3.05, 3.63) is 20.8 Å². The van der Waals surface area contributed by atoms with Gasteiger partial charge < -0.3 is 15.0 Å². The number of nitrogens with one attached hydrogen (secondary N) is 1. The lowest BCUT2D eigenvalue weighted by Gasteiger charge is -2.34. The van der Waals surface area contributed by atoms with Gasteiger partial charge in [-0.3, -0.25) is 13.9 Å². The fraction of sp³-hybridized carbons (Fsp3) is 0.615. The maximum Gasteiger partial charge on any atom is 0.332 e. The Balaban J connectivity index is 2.17. The van der Waals surface area contributed by atoms with Crippen molar-refractivity contribution in [3.63, 3.8) is 0 Å². The summed E-state index contributed by atoms with van der Waals surface area (Å²) >= 11 is 0. The van der Waals surface area contributed by atoms with E-state index in [1.165, 1.54) is 11.6 Å². The van der Waals surface area contributed by atoms with Gasteiger partial charge in [0.2, 0.25) is 5.95 Å². The second-order valence-electron chi connectivity index (χ2n) is 5.49. The molecule has 3 rings (SSSR count). The number of aliphatic hydroxyl groups is 1. The Labute approximate surface area is 120 Å². The van der Waals surface area contributed by atoms with Gasteiger partial charge >= 0.3 is 5.69 Å². The lowest BCUT2D eigenvalue weighted by Crippen LogP contribution is -2.42. The van der Waals surface area contributed by atoms with E-state index in [9.17, 15) is 14.7 Å². The first-order valence-corrected chi connectivity index (χ1v) is 7.08. The fourth-order valence-corrected chi connectivity index (χ4v) is 2.92. The second-order valence-corrected chi connectivity index (χ2v) is 5.49. The Bertz CT molecular complexity index is 787. The number of aryl methyl sites for hydroxylation is 1. The Morgan fingerprint density at radius 2 is 2.05 bits per heavy atom. The molecule has 0 aromatic carbocycles. The molecule has 1 aliphatic rings. The van der Waals surface area contributed by atoms with E-state index in [4.69, 9.17) is 0 Å². The summed E-state index contributed by atoms with van der Waals surface area (Å²) in [6.45, 7) is 0.827. The number of piperidine rings is 1. The Morgan fingerprint density at radius 3 is 2.76 bits per heavy atom. The van der Waals surface area contributed by atoms with Crippen LogP contribution >= 0.6 is 0 Å². The first-order chi connectivity index (χ1) is 10.0. The maximum absolute atomic E-state index is 12.2. The number of hydrogen-bond acceptors (Lipinski definition) is 5. The Morgan fingerprint density at radius 1 is 1.29 bits per heavy atom. The van der Waals surface area contributed by atoms with Crippen LogP contribution in [0.3, 0.4) is 0 Å². The van der Waals surface area contributed by atoms with Gasteiger partial charge in [0.25, 0.3) is 5.56 Å². The molecule has 1 atom stereocenters. The number of aliphatic hydroxyl groups excluding tert-OH is 1. The van der Waals surface area contributed by atoms with Crippen LogP contribution in [0.2, 0.25) is 0 Å². The first kappa shape index (κ1) is 13.9. The van der Waals surface area contributed by atoms with Crippen molar-refractivity contribution < 1.29 is 5.11 Å². The van der Waals surface area contributed by atoms with E-state index in [0.717, 1.165) is 30.4 Å². The highest BCUT2D eigenvalue weighted by Crippen LogP contribution is 2.23. The van der Waals surface area contributed by atoms with Crippen molar-refractivity contribution in [2.45, 2.75) is 25.3 Å². The van der Waals surface area contributed by atoms with Crippen LogP contribution in [0.15, 0.2) is 9.59 Å². The third-order valence-corrected chi connectivity index (χ3v) is 4.19. The average Bonchev–Trinajstić information content (AvgIpc) is 2.96. The first-order valence-electron chi connectivity index (χ1n) is 7.08. The zero-order valence-corrected chi connectivity index (χ0v) is 12.2. The SMILES string of the molecule is Cn1c(=O)c2[nH]c(N3CCCCC3CO)nc2n(C)c1=O. The van der Waals surface area contributed by atoms with Crippen LogP contribution in [0.1, 0.15) is 19.3 Å². The van der Waals surface area contributed by atoms with Gasteiger partial charge in [0.1, 0.15) is 0 Å². The van der Waals surface area contributed by atoms with E-state index in [1.807, 2.05) is 4.90 Å². The van der Waals surface area contributed by atoms with Crippen LogP contribution in [0.5, 0.6) is 0 Å². The standard InChI is InChI=1S/C13H19N5O3/c1-16-10-9(11(20)17(2)13(16)21)14-12(15-10)18-6-4-3-5-8(18)7-19/h8,19H,3-7H2,1-2H3,(H,14,15). The van der Waals surface area contributed by atoms with E-state index in [0.29, 0.717) is 17.1 Å². The Kier molecular flexibility index (Phi) is 3.32.